The highest BCUT2D eigenvalue weighted by molar-refractivity contribution is 5.38. The van der Waals surface area contributed by atoms with Crippen molar-refractivity contribution in [2.45, 2.75) is 19.3 Å². The lowest BCUT2D eigenvalue weighted by atomic mass is 10.0. The topological polar surface area (TPSA) is 21.7 Å². The average Bonchev–Trinajstić information content (AvgIpc) is 2.36. The van der Waals surface area contributed by atoms with E-state index in [1.54, 1.807) is 7.11 Å². The van der Waals surface area contributed by atoms with Gasteiger partial charge in [-0.2, -0.15) is 0 Å². The molecule has 0 atom stereocenters. The summed E-state index contributed by atoms with van der Waals surface area (Å²) in [6.45, 7) is 2.57. The second-order valence-corrected chi connectivity index (χ2v) is 4.64. The number of rotatable bonds is 5. The maximum Gasteiger partial charge on any atom is 0.122 e. The summed E-state index contributed by atoms with van der Waals surface area (Å²) < 4.78 is 10.7. The van der Waals surface area contributed by atoms with Crippen molar-refractivity contribution in [3.63, 3.8) is 0 Å². The molecule has 0 amide bonds. The van der Waals surface area contributed by atoms with Crippen molar-refractivity contribution in [2.24, 2.45) is 0 Å². The Morgan fingerprint density at radius 2 is 2.29 bits per heavy atom. The molecule has 1 aromatic carbocycles. The van der Waals surface area contributed by atoms with Crippen molar-refractivity contribution in [2.75, 3.05) is 34.0 Å². The number of benzene rings is 1. The third kappa shape index (κ3) is 3.45. The fourth-order valence-corrected chi connectivity index (χ4v) is 2.17. The summed E-state index contributed by atoms with van der Waals surface area (Å²) in [7, 11) is 3.80. The van der Waals surface area contributed by atoms with E-state index in [4.69, 9.17) is 9.47 Å². The van der Waals surface area contributed by atoms with E-state index in [1.807, 2.05) is 0 Å². The summed E-state index contributed by atoms with van der Waals surface area (Å²) >= 11 is 0. The van der Waals surface area contributed by atoms with Gasteiger partial charge >= 0.3 is 0 Å². The van der Waals surface area contributed by atoms with E-state index < -0.39 is 0 Å². The molecule has 0 bridgehead atoms. The summed E-state index contributed by atoms with van der Waals surface area (Å²) in [4.78, 5) is 2.18. The summed E-state index contributed by atoms with van der Waals surface area (Å²) in [6, 6.07) is 6.57. The van der Waals surface area contributed by atoms with E-state index in [0.29, 0.717) is 6.73 Å². The molecule has 0 saturated heterocycles. The zero-order valence-corrected chi connectivity index (χ0v) is 10.7. The number of aryl methyl sites for hydroxylation is 1. The van der Waals surface area contributed by atoms with Gasteiger partial charge in [0, 0.05) is 13.7 Å². The molecule has 0 N–H and O–H groups in total. The molecule has 0 spiro atoms. The van der Waals surface area contributed by atoms with Gasteiger partial charge in [-0.25, -0.2) is 0 Å². The lowest BCUT2D eigenvalue weighted by Gasteiger charge is -2.19. The number of fused-ring (bicyclic) bond motifs is 1. The van der Waals surface area contributed by atoms with E-state index in [1.165, 1.54) is 11.1 Å². The van der Waals surface area contributed by atoms with Gasteiger partial charge in [-0.15, -0.1) is 0 Å². The lowest BCUT2D eigenvalue weighted by Crippen LogP contribution is -2.23. The van der Waals surface area contributed by atoms with Gasteiger partial charge in [0.15, 0.2) is 0 Å². The smallest absolute Gasteiger partial charge is 0.122 e. The van der Waals surface area contributed by atoms with Gasteiger partial charge in [0.05, 0.1) is 13.3 Å². The van der Waals surface area contributed by atoms with Crippen LogP contribution in [-0.2, 0) is 17.6 Å². The fraction of sp³-hybridized carbons (Fsp3) is 0.571. The Hall–Kier alpha value is -1.06. The first-order valence-corrected chi connectivity index (χ1v) is 6.21. The summed E-state index contributed by atoms with van der Waals surface area (Å²) in [5, 5.41) is 0. The highest BCUT2D eigenvalue weighted by Crippen LogP contribution is 2.25. The van der Waals surface area contributed by atoms with Crippen molar-refractivity contribution >= 4 is 0 Å². The van der Waals surface area contributed by atoms with E-state index in [9.17, 15) is 0 Å². The van der Waals surface area contributed by atoms with Crippen LogP contribution in [0.15, 0.2) is 18.2 Å². The summed E-state index contributed by atoms with van der Waals surface area (Å²) in [6.07, 6.45) is 3.35. The Bertz CT molecular complexity index is 365. The molecule has 17 heavy (non-hydrogen) atoms. The first kappa shape index (κ1) is 12.4. The van der Waals surface area contributed by atoms with Crippen LogP contribution >= 0.6 is 0 Å². The van der Waals surface area contributed by atoms with Crippen LogP contribution in [0.3, 0.4) is 0 Å². The first-order valence-electron chi connectivity index (χ1n) is 6.21. The van der Waals surface area contributed by atoms with Crippen molar-refractivity contribution in [1.82, 2.24) is 4.90 Å². The second-order valence-electron chi connectivity index (χ2n) is 4.64. The Morgan fingerprint density at radius 1 is 1.41 bits per heavy atom. The van der Waals surface area contributed by atoms with Gasteiger partial charge < -0.3 is 9.47 Å². The lowest BCUT2D eigenvalue weighted by molar-refractivity contribution is 0.0827. The van der Waals surface area contributed by atoms with Crippen LogP contribution in [0.4, 0.5) is 0 Å². The van der Waals surface area contributed by atoms with Crippen molar-refractivity contribution in [1.29, 1.82) is 0 Å². The van der Waals surface area contributed by atoms with Gasteiger partial charge in [0.25, 0.3) is 0 Å². The monoisotopic (exact) mass is 235 g/mol. The molecule has 3 heteroatoms. The van der Waals surface area contributed by atoms with Crippen molar-refractivity contribution in [3.05, 3.63) is 29.3 Å². The Balaban J connectivity index is 1.93. The average molecular weight is 235 g/mol. The number of methoxy groups -OCH3 is 1. The largest absolute Gasteiger partial charge is 0.493 e. The number of likely N-dealkylation sites (N-methyl/N-ethyl adjacent to an activating group) is 1. The molecule has 3 nitrogen and oxygen atoms in total. The minimum Gasteiger partial charge on any atom is -0.493 e. The molecule has 0 unspecified atom stereocenters. The van der Waals surface area contributed by atoms with Crippen LogP contribution in [0.25, 0.3) is 0 Å². The third-order valence-electron chi connectivity index (χ3n) is 3.10. The molecule has 0 aromatic heterocycles. The van der Waals surface area contributed by atoms with Gasteiger partial charge in [-0.05, 0) is 43.5 Å². The van der Waals surface area contributed by atoms with Crippen LogP contribution < -0.4 is 4.74 Å². The Morgan fingerprint density at radius 3 is 3.12 bits per heavy atom. The van der Waals surface area contributed by atoms with Gasteiger partial charge in [0.1, 0.15) is 5.75 Å². The Labute approximate surface area is 103 Å². The maximum absolute atomic E-state index is 5.61. The third-order valence-corrected chi connectivity index (χ3v) is 3.10. The number of nitrogens with zero attached hydrogens (tertiary/aromatic N) is 1. The molecule has 1 aliphatic rings. The summed E-state index contributed by atoms with van der Waals surface area (Å²) in [5.41, 5.74) is 2.75. The van der Waals surface area contributed by atoms with E-state index in [0.717, 1.165) is 38.2 Å². The first-order chi connectivity index (χ1) is 8.29. The normalized spacial score (nSPS) is 14.5. The van der Waals surface area contributed by atoms with Crippen molar-refractivity contribution < 1.29 is 9.47 Å². The van der Waals surface area contributed by atoms with Gasteiger partial charge in [0.2, 0.25) is 0 Å². The molecule has 94 valence electrons. The molecule has 0 aliphatic carbocycles. The minimum absolute atomic E-state index is 0.689. The standard InChI is InChI=1S/C14H21NO2/c1-15(11-16-2)8-7-12-5-6-14-13(10-12)4-3-9-17-14/h5-6,10H,3-4,7-9,11H2,1-2H3. The second kappa shape index (κ2) is 6.03. The fourth-order valence-electron chi connectivity index (χ4n) is 2.17. The predicted molar refractivity (Wildman–Crippen MR) is 68.5 cm³/mol. The highest BCUT2D eigenvalue weighted by atomic mass is 16.5. The molecule has 1 aromatic rings. The molecular weight excluding hydrogens is 214 g/mol. The molecule has 2 rings (SSSR count). The highest BCUT2D eigenvalue weighted by Gasteiger charge is 2.10. The predicted octanol–water partition coefficient (Wildman–Crippen LogP) is 2.09. The number of hydrogen-bond donors (Lipinski definition) is 0. The molecule has 0 radical (unpaired) electrons. The van der Waals surface area contributed by atoms with Crippen LogP contribution in [-0.4, -0.2) is 38.9 Å². The van der Waals surface area contributed by atoms with E-state index in [-0.39, 0.29) is 0 Å². The number of hydrogen-bond acceptors (Lipinski definition) is 3. The van der Waals surface area contributed by atoms with Crippen LogP contribution in [0.1, 0.15) is 17.5 Å². The molecular formula is C14H21NO2. The molecule has 1 aliphatic heterocycles. The molecule has 0 saturated carbocycles. The molecule has 0 fully saturated rings. The minimum atomic E-state index is 0.689. The van der Waals surface area contributed by atoms with Crippen LogP contribution in [0, 0.1) is 0 Å². The van der Waals surface area contributed by atoms with Gasteiger partial charge in [-0.3, -0.25) is 4.90 Å². The number of ether oxygens (including phenoxy) is 2. The van der Waals surface area contributed by atoms with Crippen LogP contribution in [0.2, 0.25) is 0 Å². The summed E-state index contributed by atoms with van der Waals surface area (Å²) in [5.74, 6) is 1.07. The molecule has 1 heterocycles. The van der Waals surface area contributed by atoms with E-state index in [2.05, 4.69) is 30.1 Å². The Kier molecular flexibility index (Phi) is 4.40. The zero-order valence-electron chi connectivity index (χ0n) is 10.7. The van der Waals surface area contributed by atoms with Gasteiger partial charge in [-0.1, -0.05) is 12.1 Å². The zero-order chi connectivity index (χ0) is 12.1. The van der Waals surface area contributed by atoms with E-state index >= 15 is 0 Å². The quantitative estimate of drug-likeness (QED) is 0.729. The van der Waals surface area contributed by atoms with Crippen molar-refractivity contribution in [3.8, 4) is 5.75 Å². The van der Waals surface area contributed by atoms with Crippen LogP contribution in [0.5, 0.6) is 5.75 Å². The SMILES string of the molecule is COCN(C)CCc1ccc2c(c1)CCCO2. The maximum atomic E-state index is 5.61.